The molecule has 0 saturated carbocycles. The van der Waals surface area contributed by atoms with Crippen LogP contribution in [0.25, 0.3) is 0 Å². The Morgan fingerprint density at radius 1 is 1.24 bits per heavy atom. The highest BCUT2D eigenvalue weighted by Gasteiger charge is 2.14. The number of hydrogen-bond acceptors (Lipinski definition) is 3. The van der Waals surface area contributed by atoms with E-state index in [1.54, 1.807) is 6.20 Å². The molecule has 0 radical (unpaired) electrons. The number of benzene rings is 1. The van der Waals surface area contributed by atoms with Crippen molar-refractivity contribution in [3.8, 4) is 0 Å². The summed E-state index contributed by atoms with van der Waals surface area (Å²) in [7, 11) is 1.89. The molecule has 2 aromatic rings. The Kier molecular flexibility index (Phi) is 4.37. The van der Waals surface area contributed by atoms with E-state index in [1.165, 1.54) is 5.56 Å². The van der Waals surface area contributed by atoms with Gasteiger partial charge in [-0.25, -0.2) is 5.10 Å². The van der Waals surface area contributed by atoms with Gasteiger partial charge in [0, 0.05) is 13.6 Å². The molecule has 0 unspecified atom stereocenters. The first kappa shape index (κ1) is 15.6. The lowest BCUT2D eigenvalue weighted by Crippen LogP contribution is -2.21. The average Bonchev–Trinajstić information content (AvgIpc) is 2.41. The average molecular weight is 306 g/mol. The first-order chi connectivity index (χ1) is 9.79. The lowest BCUT2D eigenvalue weighted by Gasteiger charge is -2.22. The van der Waals surface area contributed by atoms with Gasteiger partial charge in [0.15, 0.2) is 0 Å². The van der Waals surface area contributed by atoms with Crippen LogP contribution in [0.1, 0.15) is 31.9 Å². The van der Waals surface area contributed by atoms with Crippen LogP contribution in [0.15, 0.2) is 35.3 Å². The van der Waals surface area contributed by atoms with E-state index in [4.69, 9.17) is 11.6 Å². The summed E-state index contributed by atoms with van der Waals surface area (Å²) in [6.45, 7) is 7.23. The second-order valence-corrected chi connectivity index (χ2v) is 6.58. The highest BCUT2D eigenvalue weighted by Crippen LogP contribution is 2.24. The number of hydrogen-bond donors (Lipinski definition) is 1. The maximum atomic E-state index is 11.5. The zero-order valence-corrected chi connectivity index (χ0v) is 13.5. The fraction of sp³-hybridized carbons (Fsp3) is 0.375. The largest absolute Gasteiger partial charge is 0.368 e. The highest BCUT2D eigenvalue weighted by atomic mass is 35.5. The SMILES string of the molecule is CN(Cc1ccc(C(C)(C)C)cc1)c1cn[nH]c(=O)c1Cl. The van der Waals surface area contributed by atoms with Crippen molar-refractivity contribution in [2.45, 2.75) is 32.7 Å². The molecule has 2 rings (SSSR count). The third-order valence-corrected chi connectivity index (χ3v) is 3.79. The highest BCUT2D eigenvalue weighted by molar-refractivity contribution is 6.32. The summed E-state index contributed by atoms with van der Waals surface area (Å²) in [5.41, 5.74) is 2.85. The summed E-state index contributed by atoms with van der Waals surface area (Å²) in [4.78, 5) is 13.4. The lowest BCUT2D eigenvalue weighted by molar-refractivity contribution is 0.590. The first-order valence-electron chi connectivity index (χ1n) is 6.83. The molecule has 5 heteroatoms. The Bertz CT molecular complexity index is 671. The van der Waals surface area contributed by atoms with Crippen LogP contribution in [0, 0.1) is 0 Å². The number of nitrogens with one attached hydrogen (secondary N) is 1. The minimum Gasteiger partial charge on any atom is -0.368 e. The molecule has 1 aromatic heterocycles. The van der Waals surface area contributed by atoms with Crippen LogP contribution in [-0.4, -0.2) is 17.2 Å². The van der Waals surface area contributed by atoms with E-state index in [0.717, 1.165) is 5.56 Å². The smallest absolute Gasteiger partial charge is 0.285 e. The van der Waals surface area contributed by atoms with Crippen molar-refractivity contribution >= 4 is 17.3 Å². The van der Waals surface area contributed by atoms with Crippen molar-refractivity contribution in [1.82, 2.24) is 10.2 Å². The van der Waals surface area contributed by atoms with Crippen LogP contribution in [0.5, 0.6) is 0 Å². The molecule has 21 heavy (non-hydrogen) atoms. The van der Waals surface area contributed by atoms with Crippen LogP contribution in [0.4, 0.5) is 5.69 Å². The van der Waals surface area contributed by atoms with E-state index in [1.807, 2.05) is 11.9 Å². The molecular formula is C16H20ClN3O. The molecule has 4 nitrogen and oxygen atoms in total. The van der Waals surface area contributed by atoms with Gasteiger partial charge in [-0.15, -0.1) is 0 Å². The van der Waals surface area contributed by atoms with Crippen molar-refractivity contribution < 1.29 is 0 Å². The minimum atomic E-state index is -0.371. The monoisotopic (exact) mass is 305 g/mol. The van der Waals surface area contributed by atoms with Crippen LogP contribution in [-0.2, 0) is 12.0 Å². The topological polar surface area (TPSA) is 49.0 Å². The van der Waals surface area contributed by atoms with E-state index in [0.29, 0.717) is 12.2 Å². The van der Waals surface area contributed by atoms with Crippen molar-refractivity contribution in [2.24, 2.45) is 0 Å². The summed E-state index contributed by atoms with van der Waals surface area (Å²) in [5.74, 6) is 0. The van der Waals surface area contributed by atoms with Gasteiger partial charge in [-0.3, -0.25) is 4.79 Å². The molecule has 0 spiro atoms. The normalized spacial score (nSPS) is 11.5. The van der Waals surface area contributed by atoms with Crippen LogP contribution < -0.4 is 10.5 Å². The predicted octanol–water partition coefficient (Wildman–Crippen LogP) is 3.36. The number of halogens is 1. The van der Waals surface area contributed by atoms with Gasteiger partial charge in [0.2, 0.25) is 0 Å². The van der Waals surface area contributed by atoms with Crippen molar-refractivity contribution in [2.75, 3.05) is 11.9 Å². The van der Waals surface area contributed by atoms with Gasteiger partial charge >= 0.3 is 0 Å². The van der Waals surface area contributed by atoms with Gasteiger partial charge in [-0.2, -0.15) is 5.10 Å². The zero-order chi connectivity index (χ0) is 15.6. The Balaban J connectivity index is 2.18. The van der Waals surface area contributed by atoms with Crippen LogP contribution >= 0.6 is 11.6 Å². The second-order valence-electron chi connectivity index (χ2n) is 6.20. The summed E-state index contributed by atoms with van der Waals surface area (Å²) in [6.07, 6.45) is 1.56. The van der Waals surface area contributed by atoms with Gasteiger partial charge in [0.1, 0.15) is 5.02 Å². The van der Waals surface area contributed by atoms with Gasteiger partial charge in [-0.1, -0.05) is 56.6 Å². The third kappa shape index (κ3) is 3.64. The Morgan fingerprint density at radius 2 is 1.86 bits per heavy atom. The Hall–Kier alpha value is -1.81. The molecule has 1 N–H and O–H groups in total. The van der Waals surface area contributed by atoms with E-state index in [9.17, 15) is 4.79 Å². The second kappa shape index (κ2) is 5.90. The molecular weight excluding hydrogens is 286 g/mol. The molecule has 112 valence electrons. The standard InChI is InChI=1S/C16H20ClN3O/c1-16(2,3)12-7-5-11(6-8-12)10-20(4)13-9-18-19-15(21)14(13)17/h5-9H,10H2,1-4H3,(H,19,21). The fourth-order valence-corrected chi connectivity index (χ4v) is 2.34. The third-order valence-electron chi connectivity index (χ3n) is 3.43. The van der Waals surface area contributed by atoms with E-state index < -0.39 is 0 Å². The molecule has 0 atom stereocenters. The Morgan fingerprint density at radius 3 is 2.43 bits per heavy atom. The van der Waals surface area contributed by atoms with Crippen molar-refractivity contribution in [3.63, 3.8) is 0 Å². The summed E-state index contributed by atoms with van der Waals surface area (Å²) < 4.78 is 0. The summed E-state index contributed by atoms with van der Waals surface area (Å²) >= 11 is 6.01. The zero-order valence-electron chi connectivity index (χ0n) is 12.8. The van der Waals surface area contributed by atoms with E-state index in [2.05, 4.69) is 55.2 Å². The predicted molar refractivity (Wildman–Crippen MR) is 87.1 cm³/mol. The minimum absolute atomic E-state index is 0.143. The molecule has 0 bridgehead atoms. The van der Waals surface area contributed by atoms with Crippen LogP contribution in [0.3, 0.4) is 0 Å². The van der Waals surface area contributed by atoms with Crippen molar-refractivity contribution in [3.05, 3.63) is 57.0 Å². The first-order valence-corrected chi connectivity index (χ1v) is 7.20. The van der Waals surface area contributed by atoms with E-state index in [-0.39, 0.29) is 16.0 Å². The molecule has 0 saturated heterocycles. The lowest BCUT2D eigenvalue weighted by atomic mass is 9.87. The molecule has 0 amide bonds. The maximum Gasteiger partial charge on any atom is 0.285 e. The number of nitrogens with zero attached hydrogens (tertiary/aromatic N) is 2. The summed E-state index contributed by atoms with van der Waals surface area (Å²) in [6, 6.07) is 8.48. The van der Waals surface area contributed by atoms with Gasteiger partial charge in [0.05, 0.1) is 11.9 Å². The van der Waals surface area contributed by atoms with Gasteiger partial charge in [-0.05, 0) is 16.5 Å². The number of anilines is 1. The number of H-pyrrole nitrogens is 1. The van der Waals surface area contributed by atoms with Gasteiger partial charge in [0.25, 0.3) is 5.56 Å². The molecule has 0 aliphatic carbocycles. The molecule has 0 aliphatic heterocycles. The molecule has 0 fully saturated rings. The number of aromatic amines is 1. The molecule has 1 heterocycles. The van der Waals surface area contributed by atoms with Crippen molar-refractivity contribution in [1.29, 1.82) is 0 Å². The molecule has 1 aromatic carbocycles. The molecule has 0 aliphatic rings. The quantitative estimate of drug-likeness (QED) is 0.946. The summed E-state index contributed by atoms with van der Waals surface area (Å²) in [5, 5.41) is 6.27. The number of rotatable bonds is 3. The van der Waals surface area contributed by atoms with Crippen LogP contribution in [0.2, 0.25) is 5.02 Å². The number of aromatic nitrogens is 2. The van der Waals surface area contributed by atoms with E-state index >= 15 is 0 Å². The Labute approximate surface area is 129 Å². The van der Waals surface area contributed by atoms with Gasteiger partial charge < -0.3 is 4.90 Å². The fourth-order valence-electron chi connectivity index (χ4n) is 2.11. The maximum absolute atomic E-state index is 11.5.